The summed E-state index contributed by atoms with van der Waals surface area (Å²) in [5.41, 5.74) is 2.17. The minimum atomic E-state index is 0. The van der Waals surface area contributed by atoms with Gasteiger partial charge in [0, 0.05) is 35.8 Å². The summed E-state index contributed by atoms with van der Waals surface area (Å²) in [6, 6.07) is 16.0. The molecule has 7 heteroatoms. The molecule has 1 N–H and O–H groups in total. The summed E-state index contributed by atoms with van der Waals surface area (Å²) in [5, 5.41) is 4.27. The fourth-order valence-corrected chi connectivity index (χ4v) is 3.23. The maximum atomic E-state index is 6.21. The van der Waals surface area contributed by atoms with Gasteiger partial charge in [0.15, 0.2) is 0 Å². The van der Waals surface area contributed by atoms with Crippen molar-refractivity contribution < 1.29 is 9.47 Å². The van der Waals surface area contributed by atoms with Gasteiger partial charge in [0.1, 0.15) is 12.4 Å². The zero-order valence-corrected chi connectivity index (χ0v) is 18.3. The van der Waals surface area contributed by atoms with E-state index in [0.717, 1.165) is 68.7 Å². The highest BCUT2D eigenvalue weighted by Crippen LogP contribution is 2.21. The van der Waals surface area contributed by atoms with Gasteiger partial charge in [-0.2, -0.15) is 0 Å². The molecule has 156 valence electrons. The number of hydrogen-bond donors (Lipinski definition) is 1. The zero-order chi connectivity index (χ0) is 18.0. The number of hydrogen-bond acceptors (Lipinski definition) is 4. The Morgan fingerprint density at radius 1 is 0.964 bits per heavy atom. The molecule has 1 fully saturated rings. The number of rotatable bonds is 9. The molecular weight excluding hydrogens is 419 g/mol. The molecule has 28 heavy (non-hydrogen) atoms. The lowest BCUT2D eigenvalue weighted by molar-refractivity contribution is 0.0374. The molecule has 0 radical (unpaired) electrons. The fraction of sp³-hybridized carbons (Fsp3) is 0.429. The Bertz CT molecular complexity index is 682. The third-order valence-corrected chi connectivity index (χ3v) is 4.93. The SMILES string of the molecule is Cl.Cl.Clc1ccccc1COc1ccccc1CNCCCN1CCOCC1. The van der Waals surface area contributed by atoms with Crippen LogP contribution in [-0.4, -0.2) is 44.3 Å². The zero-order valence-electron chi connectivity index (χ0n) is 15.9. The molecule has 2 aromatic rings. The molecule has 0 unspecified atom stereocenters. The Morgan fingerprint density at radius 2 is 1.64 bits per heavy atom. The number of para-hydroxylation sites is 1. The van der Waals surface area contributed by atoms with Gasteiger partial charge < -0.3 is 14.8 Å². The molecule has 4 nitrogen and oxygen atoms in total. The van der Waals surface area contributed by atoms with Crippen molar-refractivity contribution in [2.75, 3.05) is 39.4 Å². The Kier molecular flexibility index (Phi) is 12.6. The number of morpholine rings is 1. The maximum absolute atomic E-state index is 6.21. The molecule has 1 aliphatic rings. The van der Waals surface area contributed by atoms with Crippen LogP contribution in [0.1, 0.15) is 17.5 Å². The van der Waals surface area contributed by atoms with E-state index in [9.17, 15) is 0 Å². The summed E-state index contributed by atoms with van der Waals surface area (Å²) in [5.74, 6) is 0.910. The third kappa shape index (κ3) is 8.16. The number of benzene rings is 2. The monoisotopic (exact) mass is 446 g/mol. The van der Waals surface area contributed by atoms with Crippen LogP contribution in [0.4, 0.5) is 0 Å². The number of nitrogens with one attached hydrogen (secondary N) is 1. The van der Waals surface area contributed by atoms with Gasteiger partial charge in [-0.1, -0.05) is 48.0 Å². The Labute approximate surface area is 185 Å². The van der Waals surface area contributed by atoms with Crippen LogP contribution >= 0.6 is 36.4 Å². The van der Waals surface area contributed by atoms with Crippen molar-refractivity contribution in [3.05, 3.63) is 64.7 Å². The van der Waals surface area contributed by atoms with E-state index in [2.05, 4.69) is 16.3 Å². The van der Waals surface area contributed by atoms with E-state index in [-0.39, 0.29) is 24.8 Å². The first-order chi connectivity index (χ1) is 12.8. The summed E-state index contributed by atoms with van der Waals surface area (Å²) in [6.45, 7) is 7.25. The van der Waals surface area contributed by atoms with Crippen molar-refractivity contribution in [3.63, 3.8) is 0 Å². The fourth-order valence-electron chi connectivity index (χ4n) is 3.04. The molecule has 1 saturated heterocycles. The lowest BCUT2D eigenvalue weighted by atomic mass is 10.2. The van der Waals surface area contributed by atoms with Crippen LogP contribution in [-0.2, 0) is 17.9 Å². The maximum Gasteiger partial charge on any atom is 0.124 e. The van der Waals surface area contributed by atoms with E-state index in [1.54, 1.807) is 0 Å². The van der Waals surface area contributed by atoms with Crippen molar-refractivity contribution >= 4 is 36.4 Å². The average Bonchev–Trinajstić information content (AvgIpc) is 2.69. The van der Waals surface area contributed by atoms with Gasteiger partial charge in [0.2, 0.25) is 0 Å². The number of nitrogens with zero attached hydrogens (tertiary/aromatic N) is 1. The van der Waals surface area contributed by atoms with E-state index in [4.69, 9.17) is 21.1 Å². The van der Waals surface area contributed by atoms with Gasteiger partial charge in [-0.3, -0.25) is 4.90 Å². The topological polar surface area (TPSA) is 33.7 Å². The van der Waals surface area contributed by atoms with E-state index >= 15 is 0 Å². The predicted molar refractivity (Wildman–Crippen MR) is 120 cm³/mol. The second-order valence-corrected chi connectivity index (χ2v) is 6.88. The van der Waals surface area contributed by atoms with Gasteiger partial charge in [-0.05, 0) is 31.6 Å². The van der Waals surface area contributed by atoms with Crippen molar-refractivity contribution in [2.24, 2.45) is 0 Å². The molecule has 0 aromatic heterocycles. The standard InChI is InChI=1S/C21H27ClN2O2.2ClH/c22-20-8-3-1-7-19(20)17-26-21-9-4-2-6-18(21)16-23-10-5-11-24-12-14-25-15-13-24;;/h1-4,6-9,23H,5,10-17H2;2*1H. The van der Waals surface area contributed by atoms with Crippen molar-refractivity contribution in [2.45, 2.75) is 19.6 Å². The molecule has 2 aromatic carbocycles. The minimum absolute atomic E-state index is 0. The van der Waals surface area contributed by atoms with Gasteiger partial charge in [-0.25, -0.2) is 0 Å². The van der Waals surface area contributed by atoms with Gasteiger partial charge >= 0.3 is 0 Å². The highest BCUT2D eigenvalue weighted by Gasteiger charge is 2.09. The van der Waals surface area contributed by atoms with Crippen LogP contribution in [0.5, 0.6) is 5.75 Å². The predicted octanol–water partition coefficient (Wildman–Crippen LogP) is 4.57. The third-order valence-electron chi connectivity index (χ3n) is 4.56. The first-order valence-electron chi connectivity index (χ1n) is 9.28. The molecule has 0 aliphatic carbocycles. The molecule has 0 spiro atoms. The molecule has 0 atom stereocenters. The van der Waals surface area contributed by atoms with Gasteiger partial charge in [0.25, 0.3) is 0 Å². The smallest absolute Gasteiger partial charge is 0.124 e. The second-order valence-electron chi connectivity index (χ2n) is 6.47. The van der Waals surface area contributed by atoms with Crippen molar-refractivity contribution in [1.82, 2.24) is 10.2 Å². The first-order valence-corrected chi connectivity index (χ1v) is 9.65. The summed E-state index contributed by atoms with van der Waals surface area (Å²) >= 11 is 6.21. The highest BCUT2D eigenvalue weighted by molar-refractivity contribution is 6.31. The van der Waals surface area contributed by atoms with Gasteiger partial charge in [0.05, 0.1) is 13.2 Å². The summed E-state index contributed by atoms with van der Waals surface area (Å²) < 4.78 is 11.4. The summed E-state index contributed by atoms with van der Waals surface area (Å²) in [6.07, 6.45) is 1.14. The molecule has 0 saturated carbocycles. The lowest BCUT2D eigenvalue weighted by Crippen LogP contribution is -2.37. The van der Waals surface area contributed by atoms with E-state index < -0.39 is 0 Å². The van der Waals surface area contributed by atoms with Crippen LogP contribution in [0.25, 0.3) is 0 Å². The van der Waals surface area contributed by atoms with Crippen LogP contribution in [0.15, 0.2) is 48.5 Å². The summed E-state index contributed by atoms with van der Waals surface area (Å²) in [4.78, 5) is 2.46. The molecule has 0 bridgehead atoms. The molecule has 0 amide bonds. The van der Waals surface area contributed by atoms with Crippen LogP contribution in [0.2, 0.25) is 5.02 Å². The lowest BCUT2D eigenvalue weighted by Gasteiger charge is -2.26. The minimum Gasteiger partial charge on any atom is -0.489 e. The second kappa shape index (κ2) is 14.0. The average molecular weight is 448 g/mol. The van der Waals surface area contributed by atoms with E-state index in [1.807, 2.05) is 42.5 Å². The van der Waals surface area contributed by atoms with E-state index in [0.29, 0.717) is 6.61 Å². The molecule has 3 rings (SSSR count). The van der Waals surface area contributed by atoms with Crippen molar-refractivity contribution in [1.29, 1.82) is 0 Å². The first kappa shape index (κ1) is 25.0. The highest BCUT2D eigenvalue weighted by atomic mass is 35.5. The Hall–Kier alpha value is -1.01. The van der Waals surface area contributed by atoms with Crippen molar-refractivity contribution in [3.8, 4) is 5.75 Å². The molecule has 1 heterocycles. The largest absolute Gasteiger partial charge is 0.489 e. The van der Waals surface area contributed by atoms with Crippen LogP contribution < -0.4 is 10.1 Å². The summed E-state index contributed by atoms with van der Waals surface area (Å²) in [7, 11) is 0. The normalized spacial score (nSPS) is 14.0. The van der Waals surface area contributed by atoms with Crippen LogP contribution in [0, 0.1) is 0 Å². The quantitative estimate of drug-likeness (QED) is 0.571. The Morgan fingerprint density at radius 3 is 2.39 bits per heavy atom. The number of halogens is 3. The van der Waals surface area contributed by atoms with Crippen LogP contribution in [0.3, 0.4) is 0 Å². The van der Waals surface area contributed by atoms with Gasteiger partial charge in [-0.15, -0.1) is 24.8 Å². The van der Waals surface area contributed by atoms with E-state index in [1.165, 1.54) is 5.56 Å². The Balaban J connectivity index is 0.00000196. The molecule has 1 aliphatic heterocycles. The molecular formula is C21H29Cl3N2O2. The number of ether oxygens (including phenoxy) is 2.